The van der Waals surface area contributed by atoms with Crippen molar-refractivity contribution < 1.29 is 0 Å². The van der Waals surface area contributed by atoms with Crippen LogP contribution in [0.3, 0.4) is 0 Å². The molecule has 4 heteroatoms. The molecule has 1 heterocycles. The molecule has 0 saturated heterocycles. The van der Waals surface area contributed by atoms with Gasteiger partial charge in [0, 0.05) is 6.04 Å². The Morgan fingerprint density at radius 1 is 1.33 bits per heavy atom. The van der Waals surface area contributed by atoms with Crippen LogP contribution in [0.2, 0.25) is 5.02 Å². The second kappa shape index (κ2) is 8.19. The highest BCUT2D eigenvalue weighted by atomic mass is 35.5. The van der Waals surface area contributed by atoms with E-state index in [0.29, 0.717) is 12.1 Å². The third-order valence-electron chi connectivity index (χ3n) is 4.65. The Kier molecular flexibility index (Phi) is 6.56. The van der Waals surface area contributed by atoms with Crippen LogP contribution in [0.4, 0.5) is 0 Å². The summed E-state index contributed by atoms with van der Waals surface area (Å²) in [6.45, 7) is 7.46. The number of hydrogen-bond donors (Lipinski definition) is 1. The van der Waals surface area contributed by atoms with Crippen LogP contribution in [-0.4, -0.2) is 16.3 Å². The molecule has 1 aromatic heterocycles. The van der Waals surface area contributed by atoms with Gasteiger partial charge >= 0.3 is 0 Å². The number of nitrogens with one attached hydrogen (secondary N) is 1. The van der Waals surface area contributed by atoms with E-state index in [1.165, 1.54) is 44.2 Å². The molecular formula is C17H30ClN3. The molecule has 3 nitrogen and oxygen atoms in total. The zero-order chi connectivity index (χ0) is 15.2. The molecule has 0 amide bonds. The summed E-state index contributed by atoms with van der Waals surface area (Å²) in [7, 11) is 0. The number of hydrogen-bond acceptors (Lipinski definition) is 2. The van der Waals surface area contributed by atoms with Crippen LogP contribution < -0.4 is 5.32 Å². The van der Waals surface area contributed by atoms with E-state index in [1.54, 1.807) is 6.20 Å². The summed E-state index contributed by atoms with van der Waals surface area (Å²) in [5, 5.41) is 8.88. The van der Waals surface area contributed by atoms with Gasteiger partial charge in [-0.15, -0.1) is 0 Å². The van der Waals surface area contributed by atoms with Crippen molar-refractivity contribution in [3.05, 3.63) is 16.9 Å². The Hall–Kier alpha value is -0.540. The van der Waals surface area contributed by atoms with Crippen LogP contribution >= 0.6 is 11.6 Å². The fourth-order valence-corrected chi connectivity index (χ4v) is 3.81. The van der Waals surface area contributed by atoms with E-state index in [4.69, 9.17) is 11.6 Å². The van der Waals surface area contributed by atoms with Gasteiger partial charge in [0.25, 0.3) is 0 Å². The molecule has 21 heavy (non-hydrogen) atoms. The highest BCUT2D eigenvalue weighted by Crippen LogP contribution is 2.33. The quantitative estimate of drug-likeness (QED) is 0.756. The third kappa shape index (κ3) is 4.46. The lowest BCUT2D eigenvalue weighted by molar-refractivity contribution is 0.309. The largest absolute Gasteiger partial charge is 0.309 e. The summed E-state index contributed by atoms with van der Waals surface area (Å²) < 4.78 is 2.08. The Balaban J connectivity index is 2.05. The molecule has 0 aromatic carbocycles. The van der Waals surface area contributed by atoms with E-state index in [2.05, 4.69) is 35.9 Å². The molecule has 1 aliphatic carbocycles. The zero-order valence-corrected chi connectivity index (χ0v) is 14.5. The molecule has 1 aromatic rings. The van der Waals surface area contributed by atoms with Crippen LogP contribution in [0.5, 0.6) is 0 Å². The van der Waals surface area contributed by atoms with Crippen LogP contribution in [0.1, 0.15) is 83.5 Å². The van der Waals surface area contributed by atoms with Gasteiger partial charge in [0.1, 0.15) is 0 Å². The number of halogens is 1. The van der Waals surface area contributed by atoms with Crippen molar-refractivity contribution in [2.24, 2.45) is 5.92 Å². The summed E-state index contributed by atoms with van der Waals surface area (Å²) in [6.07, 6.45) is 11.4. The number of aromatic nitrogens is 2. The van der Waals surface area contributed by atoms with Gasteiger partial charge in [0.2, 0.25) is 0 Å². The van der Waals surface area contributed by atoms with Crippen molar-refractivity contribution in [2.45, 2.75) is 77.8 Å². The van der Waals surface area contributed by atoms with Crippen molar-refractivity contribution in [1.29, 1.82) is 0 Å². The van der Waals surface area contributed by atoms with Crippen molar-refractivity contribution in [3.63, 3.8) is 0 Å². The molecule has 0 radical (unpaired) electrons. The lowest BCUT2D eigenvalue weighted by Gasteiger charge is -2.26. The Morgan fingerprint density at radius 2 is 2.05 bits per heavy atom. The number of nitrogens with zero attached hydrogens (tertiary/aromatic N) is 2. The molecule has 0 spiro atoms. The van der Waals surface area contributed by atoms with E-state index in [0.717, 1.165) is 23.9 Å². The Bertz CT molecular complexity index is 422. The monoisotopic (exact) mass is 311 g/mol. The molecule has 1 unspecified atom stereocenters. The molecule has 1 atom stereocenters. The minimum Gasteiger partial charge on any atom is -0.309 e. The molecule has 0 bridgehead atoms. The van der Waals surface area contributed by atoms with E-state index < -0.39 is 0 Å². The van der Waals surface area contributed by atoms with Crippen molar-refractivity contribution in [3.8, 4) is 0 Å². The highest BCUT2D eigenvalue weighted by molar-refractivity contribution is 6.31. The first kappa shape index (κ1) is 16.8. The first-order valence-corrected chi connectivity index (χ1v) is 8.97. The van der Waals surface area contributed by atoms with Crippen LogP contribution in [0.15, 0.2) is 6.20 Å². The molecule has 1 N–H and O–H groups in total. The Labute approximate surface area is 134 Å². The van der Waals surface area contributed by atoms with Gasteiger partial charge in [-0.2, -0.15) is 5.10 Å². The molecule has 1 aliphatic rings. The van der Waals surface area contributed by atoms with E-state index >= 15 is 0 Å². The van der Waals surface area contributed by atoms with Gasteiger partial charge in [0.05, 0.1) is 23.0 Å². The average molecular weight is 312 g/mol. The second-order valence-electron chi connectivity index (χ2n) is 6.61. The maximum Gasteiger partial charge on any atom is 0.0834 e. The fourth-order valence-electron chi connectivity index (χ4n) is 3.55. The van der Waals surface area contributed by atoms with Gasteiger partial charge in [-0.3, -0.25) is 4.68 Å². The van der Waals surface area contributed by atoms with E-state index in [9.17, 15) is 0 Å². The summed E-state index contributed by atoms with van der Waals surface area (Å²) in [5.74, 6) is 0.911. The minimum atomic E-state index is 0.328. The Morgan fingerprint density at radius 3 is 2.67 bits per heavy atom. The molecule has 120 valence electrons. The third-order valence-corrected chi connectivity index (χ3v) is 4.94. The lowest BCUT2D eigenvalue weighted by Crippen LogP contribution is -2.25. The van der Waals surface area contributed by atoms with Gasteiger partial charge in [-0.05, 0) is 39.2 Å². The summed E-state index contributed by atoms with van der Waals surface area (Å²) in [5.41, 5.74) is 1.17. The first-order chi connectivity index (χ1) is 10.1. The van der Waals surface area contributed by atoms with E-state index in [-0.39, 0.29) is 0 Å². The van der Waals surface area contributed by atoms with Crippen LogP contribution in [0.25, 0.3) is 0 Å². The normalized spacial score (nSPS) is 18.3. The van der Waals surface area contributed by atoms with E-state index in [1.807, 2.05) is 0 Å². The molecule has 1 fully saturated rings. The molecular weight excluding hydrogens is 282 g/mol. The maximum absolute atomic E-state index is 6.42. The summed E-state index contributed by atoms with van der Waals surface area (Å²) in [4.78, 5) is 0. The van der Waals surface area contributed by atoms with Gasteiger partial charge < -0.3 is 5.32 Å². The van der Waals surface area contributed by atoms with Crippen LogP contribution in [0, 0.1) is 5.92 Å². The summed E-state index contributed by atoms with van der Waals surface area (Å²) in [6, 6.07) is 0.678. The molecule has 0 aliphatic heterocycles. The van der Waals surface area contributed by atoms with Crippen molar-refractivity contribution >= 4 is 11.6 Å². The topological polar surface area (TPSA) is 29.9 Å². The predicted octanol–water partition coefficient (Wildman–Crippen LogP) is 5.13. The highest BCUT2D eigenvalue weighted by Gasteiger charge is 2.23. The number of rotatable bonds is 7. The van der Waals surface area contributed by atoms with Crippen LogP contribution in [-0.2, 0) is 0 Å². The second-order valence-corrected chi connectivity index (χ2v) is 7.01. The standard InChI is InChI=1S/C17H30ClN3/c1-4-19-16(11-10-14-8-6-5-7-9-14)17-15(18)12-20-21(17)13(2)3/h12-14,16,19H,4-11H2,1-3H3. The van der Waals surface area contributed by atoms with Gasteiger partial charge in [0.15, 0.2) is 0 Å². The van der Waals surface area contributed by atoms with Gasteiger partial charge in [-0.1, -0.05) is 50.6 Å². The van der Waals surface area contributed by atoms with Crippen molar-refractivity contribution in [1.82, 2.24) is 15.1 Å². The molecule has 1 saturated carbocycles. The maximum atomic E-state index is 6.42. The average Bonchev–Trinajstić information content (AvgIpc) is 2.86. The fraction of sp³-hybridized carbons (Fsp3) is 0.824. The lowest BCUT2D eigenvalue weighted by atomic mass is 9.85. The zero-order valence-electron chi connectivity index (χ0n) is 13.7. The summed E-state index contributed by atoms with van der Waals surface area (Å²) >= 11 is 6.42. The SMILES string of the molecule is CCNC(CCC1CCCCC1)c1c(Cl)cnn1C(C)C. The smallest absolute Gasteiger partial charge is 0.0834 e. The predicted molar refractivity (Wildman–Crippen MR) is 89.8 cm³/mol. The minimum absolute atomic E-state index is 0.328. The molecule has 2 rings (SSSR count). The van der Waals surface area contributed by atoms with Gasteiger partial charge in [-0.25, -0.2) is 0 Å². The van der Waals surface area contributed by atoms with Crippen molar-refractivity contribution in [2.75, 3.05) is 6.54 Å². The first-order valence-electron chi connectivity index (χ1n) is 8.59.